The molecule has 1 rings (SSSR count). The van der Waals surface area contributed by atoms with Crippen molar-refractivity contribution in [2.75, 3.05) is 0 Å². The summed E-state index contributed by atoms with van der Waals surface area (Å²) in [6.45, 7) is 3.88. The summed E-state index contributed by atoms with van der Waals surface area (Å²) >= 11 is 2.20. The van der Waals surface area contributed by atoms with Crippen molar-refractivity contribution in [2.45, 2.75) is 0 Å². The fourth-order valence-electron chi connectivity index (χ4n) is 0.993. The molecule has 0 spiro atoms. The highest BCUT2D eigenvalue weighted by Gasteiger charge is 1.98. The zero-order valence-corrected chi connectivity index (χ0v) is 8.78. The standard InChI is InChI=1S/C10H10IN/c1-8(11)10-5-3-2-4-9(10)6-7-12/h2-7H,1,12H2/b7-6-. The van der Waals surface area contributed by atoms with Crippen molar-refractivity contribution in [3.05, 3.63) is 48.2 Å². The van der Waals surface area contributed by atoms with Crippen LogP contribution >= 0.6 is 22.6 Å². The molecule has 0 bridgehead atoms. The molecule has 0 aliphatic heterocycles. The van der Waals surface area contributed by atoms with Crippen LogP contribution in [0.3, 0.4) is 0 Å². The summed E-state index contributed by atoms with van der Waals surface area (Å²) in [5.41, 5.74) is 7.57. The largest absolute Gasteiger partial charge is 0.405 e. The molecule has 2 heteroatoms. The molecule has 2 N–H and O–H groups in total. The van der Waals surface area contributed by atoms with Crippen LogP contribution < -0.4 is 5.73 Å². The second-order valence-corrected chi connectivity index (χ2v) is 3.65. The molecule has 0 radical (unpaired) electrons. The first kappa shape index (κ1) is 9.32. The van der Waals surface area contributed by atoms with E-state index in [9.17, 15) is 0 Å². The van der Waals surface area contributed by atoms with Gasteiger partial charge in [-0.2, -0.15) is 0 Å². The Labute approximate surface area is 86.1 Å². The van der Waals surface area contributed by atoms with Crippen LogP contribution in [-0.4, -0.2) is 0 Å². The van der Waals surface area contributed by atoms with Gasteiger partial charge in [0.25, 0.3) is 0 Å². The third-order valence-electron chi connectivity index (χ3n) is 1.53. The van der Waals surface area contributed by atoms with Gasteiger partial charge in [-0.1, -0.05) is 30.8 Å². The van der Waals surface area contributed by atoms with Crippen molar-refractivity contribution in [1.29, 1.82) is 0 Å². The lowest BCUT2D eigenvalue weighted by molar-refractivity contribution is 1.57. The minimum absolute atomic E-state index is 1.03. The second kappa shape index (κ2) is 4.30. The third-order valence-corrected chi connectivity index (χ3v) is 2.11. The first-order valence-corrected chi connectivity index (χ1v) is 4.65. The Morgan fingerprint density at radius 3 is 2.67 bits per heavy atom. The summed E-state index contributed by atoms with van der Waals surface area (Å²) in [6, 6.07) is 8.03. The summed E-state index contributed by atoms with van der Waals surface area (Å²) < 4.78 is 1.03. The van der Waals surface area contributed by atoms with E-state index in [1.165, 1.54) is 0 Å². The monoisotopic (exact) mass is 271 g/mol. The zero-order chi connectivity index (χ0) is 8.97. The smallest absolute Gasteiger partial charge is 0.0136 e. The average Bonchev–Trinajstić information content (AvgIpc) is 2.05. The summed E-state index contributed by atoms with van der Waals surface area (Å²) in [5, 5.41) is 0. The van der Waals surface area contributed by atoms with Crippen LogP contribution in [0.15, 0.2) is 37.0 Å². The van der Waals surface area contributed by atoms with Crippen LogP contribution in [0, 0.1) is 0 Å². The van der Waals surface area contributed by atoms with Gasteiger partial charge in [0.2, 0.25) is 0 Å². The van der Waals surface area contributed by atoms with Gasteiger partial charge in [-0.3, -0.25) is 0 Å². The molecule has 62 valence electrons. The third kappa shape index (κ3) is 2.11. The van der Waals surface area contributed by atoms with Crippen LogP contribution in [0.4, 0.5) is 0 Å². The van der Waals surface area contributed by atoms with E-state index in [4.69, 9.17) is 5.73 Å². The number of benzene rings is 1. The number of hydrogen-bond acceptors (Lipinski definition) is 1. The normalized spacial score (nSPS) is 10.4. The first-order valence-electron chi connectivity index (χ1n) is 3.58. The zero-order valence-electron chi connectivity index (χ0n) is 6.63. The molecular formula is C10H10IN. The van der Waals surface area contributed by atoms with E-state index in [0.717, 1.165) is 14.7 Å². The molecule has 0 aromatic heterocycles. The highest BCUT2D eigenvalue weighted by molar-refractivity contribution is 14.1. The van der Waals surface area contributed by atoms with Gasteiger partial charge in [0.1, 0.15) is 0 Å². The molecule has 0 saturated heterocycles. The summed E-state index contributed by atoms with van der Waals surface area (Å²) in [7, 11) is 0. The number of rotatable bonds is 2. The lowest BCUT2D eigenvalue weighted by atomic mass is 10.1. The topological polar surface area (TPSA) is 26.0 Å². The van der Waals surface area contributed by atoms with Gasteiger partial charge in [-0.25, -0.2) is 0 Å². The van der Waals surface area contributed by atoms with E-state index < -0.39 is 0 Å². The second-order valence-electron chi connectivity index (χ2n) is 2.35. The van der Waals surface area contributed by atoms with Gasteiger partial charge >= 0.3 is 0 Å². The Hall–Kier alpha value is -0.770. The van der Waals surface area contributed by atoms with Crippen LogP contribution in [0.25, 0.3) is 9.66 Å². The molecule has 0 aliphatic rings. The predicted molar refractivity (Wildman–Crippen MR) is 62.7 cm³/mol. The average molecular weight is 271 g/mol. The maximum atomic E-state index is 5.32. The minimum Gasteiger partial charge on any atom is -0.405 e. The Morgan fingerprint density at radius 2 is 2.08 bits per heavy atom. The van der Waals surface area contributed by atoms with Gasteiger partial charge in [0.15, 0.2) is 0 Å². The van der Waals surface area contributed by atoms with Crippen LogP contribution in [0.1, 0.15) is 11.1 Å². The Kier molecular flexibility index (Phi) is 3.34. The molecular weight excluding hydrogens is 261 g/mol. The summed E-state index contributed by atoms with van der Waals surface area (Å²) in [5.74, 6) is 0. The molecule has 0 atom stereocenters. The van der Waals surface area contributed by atoms with Gasteiger partial charge in [-0.15, -0.1) is 0 Å². The fraction of sp³-hybridized carbons (Fsp3) is 0. The number of nitrogens with two attached hydrogens (primary N) is 1. The highest BCUT2D eigenvalue weighted by Crippen LogP contribution is 2.23. The fourth-order valence-corrected chi connectivity index (χ4v) is 1.48. The summed E-state index contributed by atoms with van der Waals surface area (Å²) in [4.78, 5) is 0. The van der Waals surface area contributed by atoms with Gasteiger partial charge in [0, 0.05) is 3.58 Å². The van der Waals surface area contributed by atoms with Gasteiger partial charge in [-0.05, 0) is 46.0 Å². The van der Waals surface area contributed by atoms with Crippen molar-refractivity contribution in [1.82, 2.24) is 0 Å². The Bertz CT molecular complexity index is 315. The maximum Gasteiger partial charge on any atom is 0.0136 e. The van der Waals surface area contributed by atoms with Crippen molar-refractivity contribution >= 4 is 32.2 Å². The van der Waals surface area contributed by atoms with Gasteiger partial charge < -0.3 is 5.73 Å². The van der Waals surface area contributed by atoms with E-state index in [-0.39, 0.29) is 0 Å². The Balaban J connectivity index is 3.17. The first-order chi connectivity index (χ1) is 5.75. The van der Waals surface area contributed by atoms with Crippen LogP contribution in [-0.2, 0) is 0 Å². The number of hydrogen-bond donors (Lipinski definition) is 1. The molecule has 0 aliphatic carbocycles. The molecule has 0 fully saturated rings. The van der Waals surface area contributed by atoms with Crippen molar-refractivity contribution in [3.8, 4) is 0 Å². The lowest BCUT2D eigenvalue weighted by Gasteiger charge is -2.02. The SMILES string of the molecule is C=C(I)c1ccccc1/C=C\N. The highest BCUT2D eigenvalue weighted by atomic mass is 127. The quantitative estimate of drug-likeness (QED) is 0.822. The molecule has 1 nitrogen and oxygen atoms in total. The molecule has 1 aromatic carbocycles. The minimum atomic E-state index is 1.03. The molecule has 0 amide bonds. The van der Waals surface area contributed by atoms with Crippen molar-refractivity contribution in [3.63, 3.8) is 0 Å². The molecule has 12 heavy (non-hydrogen) atoms. The lowest BCUT2D eigenvalue weighted by Crippen LogP contribution is -1.83. The van der Waals surface area contributed by atoms with Gasteiger partial charge in [0.05, 0.1) is 0 Å². The molecule has 0 saturated carbocycles. The van der Waals surface area contributed by atoms with E-state index in [0.29, 0.717) is 0 Å². The van der Waals surface area contributed by atoms with Crippen LogP contribution in [0.2, 0.25) is 0 Å². The molecule has 1 aromatic rings. The van der Waals surface area contributed by atoms with Crippen molar-refractivity contribution in [2.24, 2.45) is 5.73 Å². The Morgan fingerprint density at radius 1 is 1.42 bits per heavy atom. The van der Waals surface area contributed by atoms with E-state index >= 15 is 0 Å². The maximum absolute atomic E-state index is 5.32. The predicted octanol–water partition coefficient (Wildman–Crippen LogP) is 3.02. The number of halogens is 1. The van der Waals surface area contributed by atoms with Crippen molar-refractivity contribution < 1.29 is 0 Å². The van der Waals surface area contributed by atoms with E-state index in [1.54, 1.807) is 6.20 Å². The van der Waals surface area contributed by atoms with E-state index in [1.807, 2.05) is 30.3 Å². The van der Waals surface area contributed by atoms with Crippen LogP contribution in [0.5, 0.6) is 0 Å². The summed E-state index contributed by atoms with van der Waals surface area (Å²) in [6.07, 6.45) is 3.41. The molecule has 0 heterocycles. The van der Waals surface area contributed by atoms with E-state index in [2.05, 4.69) is 29.2 Å². The molecule has 0 unspecified atom stereocenters.